The Morgan fingerprint density at radius 3 is 2.42 bits per heavy atom. The number of aliphatic hydroxyl groups is 3. The van der Waals surface area contributed by atoms with Crippen LogP contribution in [0.15, 0.2) is 42.5 Å². The van der Waals surface area contributed by atoms with Crippen molar-refractivity contribution in [3.05, 3.63) is 53.6 Å². The molecule has 0 aliphatic carbocycles. The molecule has 0 radical (unpaired) electrons. The summed E-state index contributed by atoms with van der Waals surface area (Å²) in [5.41, 5.74) is 1.28. The van der Waals surface area contributed by atoms with E-state index in [1.807, 2.05) is 0 Å². The van der Waals surface area contributed by atoms with Gasteiger partial charge in [-0.1, -0.05) is 12.1 Å². The first kappa shape index (κ1) is 27.2. The smallest absolute Gasteiger partial charge is 0.331 e. The SMILES string of the molecule is COc1ccc(CCO[C@@H]2O[C@H](CO)[C@@H](OC(=O)/C=C/c3ccc(O)c(OC)c3)[C@H](O)[C@H]2O)cc1O. The van der Waals surface area contributed by atoms with Gasteiger partial charge in [0.15, 0.2) is 35.4 Å². The van der Waals surface area contributed by atoms with Crippen molar-refractivity contribution in [1.29, 1.82) is 0 Å². The fourth-order valence-corrected chi connectivity index (χ4v) is 3.66. The number of carbonyl (C=O) groups is 1. The lowest BCUT2D eigenvalue weighted by Crippen LogP contribution is -2.60. The second kappa shape index (κ2) is 12.6. The number of carbonyl (C=O) groups excluding carboxylic acids is 1. The molecule has 1 aliphatic heterocycles. The van der Waals surface area contributed by atoms with Gasteiger partial charge in [0.2, 0.25) is 0 Å². The van der Waals surface area contributed by atoms with Gasteiger partial charge in [0.25, 0.3) is 0 Å². The number of aromatic hydroxyl groups is 2. The van der Waals surface area contributed by atoms with Gasteiger partial charge in [-0.3, -0.25) is 0 Å². The zero-order valence-electron chi connectivity index (χ0n) is 19.8. The second-order valence-corrected chi connectivity index (χ2v) is 8.00. The third kappa shape index (κ3) is 6.65. The first-order chi connectivity index (χ1) is 17.3. The van der Waals surface area contributed by atoms with E-state index in [0.717, 1.165) is 11.6 Å². The Morgan fingerprint density at radius 1 is 1.00 bits per heavy atom. The van der Waals surface area contributed by atoms with Gasteiger partial charge in [-0.25, -0.2) is 4.79 Å². The lowest BCUT2D eigenvalue weighted by molar-refractivity contribution is -0.302. The van der Waals surface area contributed by atoms with E-state index in [9.17, 15) is 30.3 Å². The number of hydrogen-bond donors (Lipinski definition) is 5. The summed E-state index contributed by atoms with van der Waals surface area (Å²) in [6.07, 6.45) is -4.06. The third-order valence-corrected chi connectivity index (χ3v) is 5.60. The van der Waals surface area contributed by atoms with Crippen LogP contribution in [0, 0.1) is 0 Å². The Balaban J connectivity index is 1.56. The molecule has 11 nitrogen and oxygen atoms in total. The number of phenols is 2. The van der Waals surface area contributed by atoms with E-state index in [4.69, 9.17) is 23.7 Å². The Bertz CT molecular complexity index is 1050. The predicted octanol–water partition coefficient (Wildman–Crippen LogP) is 0.738. The summed E-state index contributed by atoms with van der Waals surface area (Å²) in [4.78, 5) is 12.3. The van der Waals surface area contributed by atoms with Crippen molar-refractivity contribution in [3.8, 4) is 23.0 Å². The van der Waals surface area contributed by atoms with Gasteiger partial charge >= 0.3 is 5.97 Å². The monoisotopic (exact) mass is 506 g/mol. The molecule has 0 spiro atoms. The quantitative estimate of drug-likeness (QED) is 0.228. The number of methoxy groups -OCH3 is 2. The average molecular weight is 507 g/mol. The zero-order chi connectivity index (χ0) is 26.2. The van der Waals surface area contributed by atoms with E-state index >= 15 is 0 Å². The number of rotatable bonds is 10. The molecule has 2 aromatic carbocycles. The molecule has 1 heterocycles. The minimum absolute atomic E-state index is 0.0250. The van der Waals surface area contributed by atoms with Crippen LogP contribution in [0.4, 0.5) is 0 Å². The maximum absolute atomic E-state index is 12.3. The largest absolute Gasteiger partial charge is 0.504 e. The van der Waals surface area contributed by atoms with E-state index < -0.39 is 43.3 Å². The molecule has 0 aromatic heterocycles. The Morgan fingerprint density at radius 2 is 1.75 bits per heavy atom. The van der Waals surface area contributed by atoms with Crippen LogP contribution in [0.3, 0.4) is 0 Å². The maximum atomic E-state index is 12.3. The Labute approximate surface area is 207 Å². The first-order valence-electron chi connectivity index (χ1n) is 11.1. The number of hydrogen-bond acceptors (Lipinski definition) is 11. The molecule has 0 saturated carbocycles. The molecule has 2 aromatic rings. The van der Waals surface area contributed by atoms with E-state index in [2.05, 4.69) is 0 Å². The van der Waals surface area contributed by atoms with E-state index in [-0.39, 0.29) is 23.9 Å². The van der Waals surface area contributed by atoms with Gasteiger partial charge in [0.05, 0.1) is 27.4 Å². The van der Waals surface area contributed by atoms with Gasteiger partial charge in [0.1, 0.15) is 18.3 Å². The molecule has 1 fully saturated rings. The summed E-state index contributed by atoms with van der Waals surface area (Å²) in [5.74, 6) is -0.377. The summed E-state index contributed by atoms with van der Waals surface area (Å²) < 4.78 is 26.3. The van der Waals surface area contributed by atoms with Crippen molar-refractivity contribution in [2.45, 2.75) is 37.1 Å². The minimum atomic E-state index is -1.59. The lowest BCUT2D eigenvalue weighted by atomic mass is 9.99. The van der Waals surface area contributed by atoms with Gasteiger partial charge in [0, 0.05) is 6.08 Å². The second-order valence-electron chi connectivity index (χ2n) is 8.00. The van der Waals surface area contributed by atoms with E-state index in [1.54, 1.807) is 18.2 Å². The first-order valence-corrected chi connectivity index (χ1v) is 11.1. The van der Waals surface area contributed by atoms with E-state index in [0.29, 0.717) is 17.7 Å². The molecule has 36 heavy (non-hydrogen) atoms. The summed E-state index contributed by atoms with van der Waals surface area (Å²) >= 11 is 0. The van der Waals surface area contributed by atoms with Crippen LogP contribution in [-0.2, 0) is 25.4 Å². The van der Waals surface area contributed by atoms with Gasteiger partial charge in [-0.15, -0.1) is 0 Å². The fraction of sp³-hybridized carbons (Fsp3) is 0.400. The highest BCUT2D eigenvalue weighted by Crippen LogP contribution is 2.28. The molecule has 11 heteroatoms. The minimum Gasteiger partial charge on any atom is -0.504 e. The molecule has 196 valence electrons. The highest BCUT2D eigenvalue weighted by Gasteiger charge is 2.46. The summed E-state index contributed by atoms with van der Waals surface area (Å²) in [6.45, 7) is -0.533. The van der Waals surface area contributed by atoms with E-state index in [1.165, 1.54) is 38.5 Å². The summed E-state index contributed by atoms with van der Waals surface area (Å²) in [6, 6.07) is 9.32. The Hall–Kier alpha value is -3.35. The maximum Gasteiger partial charge on any atom is 0.331 e. The molecular weight excluding hydrogens is 476 g/mol. The number of aliphatic hydroxyl groups excluding tert-OH is 3. The topological polar surface area (TPSA) is 164 Å². The Kier molecular flexibility index (Phi) is 9.51. The predicted molar refractivity (Wildman–Crippen MR) is 126 cm³/mol. The standard InChI is InChI=1S/C25H30O11/c1-32-18-7-4-15(11-17(18)28)9-10-34-25-23(31)22(30)24(20(13-26)35-25)36-21(29)8-5-14-3-6-16(27)19(12-14)33-2/h3-8,11-12,20,22-28,30-31H,9-10,13H2,1-2H3/b8-5+/t20-,22-,23-,24-,25-/m1/s1. The summed E-state index contributed by atoms with van der Waals surface area (Å²) in [5, 5.41) is 50.2. The molecule has 0 amide bonds. The van der Waals surface area contributed by atoms with Crippen molar-refractivity contribution in [3.63, 3.8) is 0 Å². The van der Waals surface area contributed by atoms with Crippen molar-refractivity contribution >= 4 is 12.0 Å². The van der Waals surface area contributed by atoms with Gasteiger partial charge in [-0.05, 0) is 47.9 Å². The number of phenolic OH excluding ortho intramolecular Hbond substituents is 2. The normalized spacial score (nSPS) is 24.0. The molecule has 5 N–H and O–H groups in total. The number of esters is 1. The van der Waals surface area contributed by atoms with Crippen LogP contribution in [0.2, 0.25) is 0 Å². The van der Waals surface area contributed by atoms with Crippen molar-refractivity contribution in [2.75, 3.05) is 27.4 Å². The van der Waals surface area contributed by atoms with Crippen molar-refractivity contribution in [2.24, 2.45) is 0 Å². The third-order valence-electron chi connectivity index (χ3n) is 5.60. The van der Waals surface area contributed by atoms with Gasteiger partial charge in [-0.2, -0.15) is 0 Å². The van der Waals surface area contributed by atoms with Crippen molar-refractivity contribution < 1.29 is 54.0 Å². The van der Waals surface area contributed by atoms with Crippen LogP contribution >= 0.6 is 0 Å². The molecule has 1 aliphatic rings. The molecule has 1 saturated heterocycles. The van der Waals surface area contributed by atoms with Crippen LogP contribution in [0.5, 0.6) is 23.0 Å². The summed E-state index contributed by atoms with van der Waals surface area (Å²) in [7, 11) is 2.83. The van der Waals surface area contributed by atoms with Crippen LogP contribution in [-0.4, -0.2) is 89.6 Å². The fourth-order valence-electron chi connectivity index (χ4n) is 3.66. The molecule has 5 atom stereocenters. The van der Waals surface area contributed by atoms with Crippen LogP contribution in [0.1, 0.15) is 11.1 Å². The number of benzene rings is 2. The number of ether oxygens (including phenoxy) is 5. The molecular formula is C25H30O11. The van der Waals surface area contributed by atoms with Crippen molar-refractivity contribution in [1.82, 2.24) is 0 Å². The molecule has 0 unspecified atom stereocenters. The average Bonchev–Trinajstić information content (AvgIpc) is 2.87. The zero-order valence-corrected chi connectivity index (χ0v) is 19.8. The highest BCUT2D eigenvalue weighted by molar-refractivity contribution is 5.87. The van der Waals surface area contributed by atoms with Crippen LogP contribution in [0.25, 0.3) is 6.08 Å². The lowest BCUT2D eigenvalue weighted by Gasteiger charge is -2.41. The molecule has 3 rings (SSSR count). The molecule has 0 bridgehead atoms. The highest BCUT2D eigenvalue weighted by atomic mass is 16.7. The van der Waals surface area contributed by atoms with Crippen LogP contribution < -0.4 is 9.47 Å². The van der Waals surface area contributed by atoms with Gasteiger partial charge < -0.3 is 49.2 Å².